The van der Waals surface area contributed by atoms with Crippen LogP contribution in [0.4, 0.5) is 0 Å². The van der Waals surface area contributed by atoms with Crippen molar-refractivity contribution in [1.82, 2.24) is 26.2 Å². The molecule has 5 aliphatic rings. The molecule has 2 aromatic carbocycles. The maximum atomic E-state index is 13.1. The Kier molecular flexibility index (Phi) is 8.18. The predicted molar refractivity (Wildman–Crippen MR) is 175 cm³/mol. The van der Waals surface area contributed by atoms with Crippen LogP contribution >= 0.6 is 0 Å². The van der Waals surface area contributed by atoms with E-state index in [-0.39, 0.29) is 30.8 Å². The van der Waals surface area contributed by atoms with Gasteiger partial charge in [0.25, 0.3) is 0 Å². The van der Waals surface area contributed by atoms with Gasteiger partial charge >= 0.3 is 0 Å². The SMILES string of the molecule is C=N/C(=C\NCC1C2CCC(C2)N1C(=O)C(N)COC)c1ccc(-c2ccc(C3=CNC(C4NC5CCC4C5)N3)cc2)cc1. The minimum atomic E-state index is -0.618. The lowest BCUT2D eigenvalue weighted by Gasteiger charge is -2.37. The Morgan fingerprint density at radius 3 is 2.48 bits per heavy atom. The van der Waals surface area contributed by atoms with Crippen LogP contribution in [0.25, 0.3) is 22.5 Å². The van der Waals surface area contributed by atoms with Gasteiger partial charge < -0.3 is 36.6 Å². The lowest BCUT2D eigenvalue weighted by atomic mass is 9.97. The number of hydrogen-bond donors (Lipinski definition) is 5. The van der Waals surface area contributed by atoms with E-state index in [2.05, 4.69) is 87.7 Å². The molecule has 0 aromatic heterocycles. The molecule has 1 amide bonds. The van der Waals surface area contributed by atoms with E-state index >= 15 is 0 Å². The zero-order valence-electron chi connectivity index (χ0n) is 25.5. The zero-order valence-corrected chi connectivity index (χ0v) is 25.5. The lowest BCUT2D eigenvalue weighted by molar-refractivity contribution is -0.138. The van der Waals surface area contributed by atoms with E-state index in [0.29, 0.717) is 24.5 Å². The largest absolute Gasteiger partial charge is 0.387 e. The number of methoxy groups -OCH3 is 1. The average Bonchev–Trinajstić information content (AvgIpc) is 3.90. The third kappa shape index (κ3) is 5.53. The highest BCUT2D eigenvalue weighted by atomic mass is 16.5. The van der Waals surface area contributed by atoms with Gasteiger partial charge in [-0.3, -0.25) is 9.79 Å². The summed E-state index contributed by atoms with van der Waals surface area (Å²) in [5.41, 5.74) is 12.5. The molecule has 2 aromatic rings. The summed E-state index contributed by atoms with van der Waals surface area (Å²) in [4.78, 5) is 19.4. The number of nitrogens with two attached hydrogens (primary N) is 1. The van der Waals surface area contributed by atoms with Crippen molar-refractivity contribution in [2.75, 3.05) is 20.3 Å². The summed E-state index contributed by atoms with van der Waals surface area (Å²) in [6.45, 7) is 4.71. The van der Waals surface area contributed by atoms with Crippen molar-refractivity contribution >= 4 is 24.0 Å². The summed E-state index contributed by atoms with van der Waals surface area (Å²) < 4.78 is 5.14. The molecule has 8 atom stereocenters. The van der Waals surface area contributed by atoms with Crippen LogP contribution in [0.5, 0.6) is 0 Å². The van der Waals surface area contributed by atoms with Crippen LogP contribution in [0.1, 0.15) is 49.7 Å². The fourth-order valence-corrected chi connectivity index (χ4v) is 8.37. The molecule has 2 saturated heterocycles. The first-order chi connectivity index (χ1) is 21.5. The normalized spacial score (nSPS) is 31.0. The van der Waals surface area contributed by atoms with Crippen LogP contribution in [-0.4, -0.2) is 74.2 Å². The number of nitrogens with zero attached hydrogens (tertiary/aromatic N) is 2. The first-order valence-corrected chi connectivity index (χ1v) is 16.2. The number of carbonyl (C=O) groups excluding carboxylic acids is 1. The van der Waals surface area contributed by atoms with Crippen molar-refractivity contribution in [3.63, 3.8) is 0 Å². The maximum absolute atomic E-state index is 13.1. The molecule has 3 heterocycles. The molecule has 6 N–H and O–H groups in total. The number of nitrogens with one attached hydrogen (secondary N) is 4. The number of amides is 1. The van der Waals surface area contributed by atoms with Crippen molar-refractivity contribution in [3.05, 3.63) is 72.1 Å². The van der Waals surface area contributed by atoms with Crippen molar-refractivity contribution in [3.8, 4) is 11.1 Å². The van der Waals surface area contributed by atoms with Gasteiger partial charge in [0.05, 0.1) is 24.0 Å². The quantitative estimate of drug-likeness (QED) is 0.253. The summed E-state index contributed by atoms with van der Waals surface area (Å²) in [5.74, 6) is 1.27. The molecule has 44 heavy (non-hydrogen) atoms. The summed E-state index contributed by atoms with van der Waals surface area (Å²) >= 11 is 0. The van der Waals surface area contributed by atoms with Crippen molar-refractivity contribution < 1.29 is 9.53 Å². The van der Waals surface area contributed by atoms with Gasteiger partial charge in [0.2, 0.25) is 5.91 Å². The number of fused-ring (bicyclic) bond motifs is 4. The molecule has 4 bridgehead atoms. The number of ether oxygens (including phenoxy) is 1. The minimum absolute atomic E-state index is 0.00868. The summed E-state index contributed by atoms with van der Waals surface area (Å²) in [5, 5.41) is 14.5. The number of carbonyl (C=O) groups is 1. The smallest absolute Gasteiger partial charge is 0.242 e. The highest BCUT2D eigenvalue weighted by Gasteiger charge is 2.48. The second kappa shape index (κ2) is 12.4. The molecular formula is C35H45N7O2. The van der Waals surface area contributed by atoms with Crippen LogP contribution in [0.15, 0.2) is 65.9 Å². The standard InChI is InChI=1S/C35H45N7O2/c1-37-30(17-38-19-32-25-12-14-28(16-25)42(32)35(43)29(36)20-44-2)23-7-3-21(4-8-23)22-5-9-24(10-6-22)31-18-39-34(41-31)33-26-11-13-27(15-26)40-33/h3-10,17-18,25-29,32-34,38-41H,1,11-16,19-20,36H2,2H3/b30-17-. The monoisotopic (exact) mass is 595 g/mol. The molecule has 0 radical (unpaired) electrons. The Hall–Kier alpha value is -3.66. The Morgan fingerprint density at radius 2 is 1.80 bits per heavy atom. The molecule has 232 valence electrons. The predicted octanol–water partition coefficient (Wildman–Crippen LogP) is 3.25. The summed E-state index contributed by atoms with van der Waals surface area (Å²) in [6.07, 6.45) is 11.5. The van der Waals surface area contributed by atoms with Gasteiger partial charge in [0.1, 0.15) is 12.2 Å². The molecule has 8 unspecified atom stereocenters. The topological polar surface area (TPSA) is 116 Å². The van der Waals surface area contributed by atoms with E-state index < -0.39 is 6.04 Å². The van der Waals surface area contributed by atoms with E-state index in [9.17, 15) is 4.79 Å². The van der Waals surface area contributed by atoms with Crippen molar-refractivity contribution in [2.24, 2.45) is 22.6 Å². The minimum Gasteiger partial charge on any atom is -0.387 e. The zero-order chi connectivity index (χ0) is 30.2. The van der Waals surface area contributed by atoms with Crippen LogP contribution < -0.4 is 27.0 Å². The van der Waals surface area contributed by atoms with Crippen LogP contribution in [-0.2, 0) is 9.53 Å². The Bertz CT molecular complexity index is 1420. The highest BCUT2D eigenvalue weighted by molar-refractivity contribution is 5.83. The molecule has 2 saturated carbocycles. The second-order valence-corrected chi connectivity index (χ2v) is 13.2. The average molecular weight is 596 g/mol. The highest BCUT2D eigenvalue weighted by Crippen LogP contribution is 2.42. The van der Waals surface area contributed by atoms with Gasteiger partial charge in [-0.1, -0.05) is 48.5 Å². The van der Waals surface area contributed by atoms with Gasteiger partial charge in [0, 0.05) is 49.7 Å². The lowest BCUT2D eigenvalue weighted by Crippen LogP contribution is -2.55. The van der Waals surface area contributed by atoms with Gasteiger partial charge in [-0.25, -0.2) is 0 Å². The third-order valence-corrected chi connectivity index (χ3v) is 10.6. The van der Waals surface area contributed by atoms with Gasteiger partial charge in [-0.2, -0.15) is 0 Å². The third-order valence-electron chi connectivity index (χ3n) is 10.6. The first kappa shape index (κ1) is 29.1. The Morgan fingerprint density at radius 1 is 1.07 bits per heavy atom. The van der Waals surface area contributed by atoms with Crippen molar-refractivity contribution in [2.45, 2.75) is 74.9 Å². The fourth-order valence-electron chi connectivity index (χ4n) is 8.37. The number of hydrogen-bond acceptors (Lipinski definition) is 8. The van der Waals surface area contributed by atoms with E-state index in [1.807, 2.05) is 11.1 Å². The van der Waals surface area contributed by atoms with E-state index in [1.54, 1.807) is 7.11 Å². The summed E-state index contributed by atoms with van der Waals surface area (Å²) in [7, 11) is 1.58. The molecule has 9 nitrogen and oxygen atoms in total. The molecular weight excluding hydrogens is 550 g/mol. The van der Waals surface area contributed by atoms with E-state index in [4.69, 9.17) is 10.5 Å². The number of likely N-dealkylation sites (tertiary alicyclic amines) is 1. The van der Waals surface area contributed by atoms with Crippen LogP contribution in [0.3, 0.4) is 0 Å². The van der Waals surface area contributed by atoms with Crippen LogP contribution in [0.2, 0.25) is 0 Å². The molecule has 4 fully saturated rings. The van der Waals surface area contributed by atoms with Gasteiger partial charge in [-0.05, 0) is 73.8 Å². The van der Waals surface area contributed by atoms with Gasteiger partial charge in [0.15, 0.2) is 0 Å². The van der Waals surface area contributed by atoms with Crippen LogP contribution in [0, 0.1) is 11.8 Å². The maximum Gasteiger partial charge on any atom is 0.242 e. The number of aliphatic imine (C=N–C) groups is 1. The van der Waals surface area contributed by atoms with E-state index in [0.717, 1.165) is 47.7 Å². The molecule has 0 spiro atoms. The first-order valence-electron chi connectivity index (χ1n) is 16.2. The molecule has 9 heteroatoms. The summed E-state index contributed by atoms with van der Waals surface area (Å²) in [6, 6.07) is 18.2. The second-order valence-electron chi connectivity index (χ2n) is 13.2. The van der Waals surface area contributed by atoms with E-state index in [1.165, 1.54) is 30.4 Å². The number of rotatable bonds is 11. The van der Waals surface area contributed by atoms with Crippen molar-refractivity contribution in [1.29, 1.82) is 0 Å². The molecule has 3 aliphatic heterocycles. The number of piperidine rings is 2. The number of benzene rings is 2. The Balaban J connectivity index is 0.957. The molecule has 2 aliphatic carbocycles. The molecule has 7 rings (SSSR count). The fraction of sp³-hybridized carbons (Fsp3) is 0.486. The Labute approximate surface area is 260 Å². The van der Waals surface area contributed by atoms with Gasteiger partial charge in [-0.15, -0.1) is 0 Å².